The van der Waals surface area contributed by atoms with Gasteiger partial charge in [-0.05, 0) is 60.9 Å². The fraction of sp³-hybridized carbons (Fsp3) is 0.222. The first-order valence-corrected chi connectivity index (χ1v) is 17.0. The number of methoxy groups -OCH3 is 1. The lowest BCUT2D eigenvalue weighted by atomic mass is 9.86. The van der Waals surface area contributed by atoms with E-state index in [-0.39, 0.29) is 34.6 Å². The molecule has 6 rings (SSSR count). The van der Waals surface area contributed by atoms with Gasteiger partial charge in [-0.15, -0.1) is 0 Å². The predicted molar refractivity (Wildman–Crippen MR) is 177 cm³/mol. The molecule has 1 aromatic heterocycles. The third kappa shape index (κ3) is 6.33. The van der Waals surface area contributed by atoms with Crippen LogP contribution in [-0.4, -0.2) is 66.2 Å². The average Bonchev–Trinajstić information content (AvgIpc) is 3.68. The lowest BCUT2D eigenvalue weighted by Gasteiger charge is -2.32. The Balaban J connectivity index is 1.58. The van der Waals surface area contributed by atoms with E-state index in [0.29, 0.717) is 34.9 Å². The Morgan fingerprint density at radius 3 is 2.40 bits per heavy atom. The zero-order valence-corrected chi connectivity index (χ0v) is 26.7. The molecule has 1 atom stereocenters. The molecule has 0 N–H and O–H groups in total. The number of sulfone groups is 1. The molecule has 3 heterocycles. The molecular weight excluding hydrogens is 616 g/mol. The minimum atomic E-state index is -3.45. The van der Waals surface area contributed by atoms with Crippen LogP contribution in [0.1, 0.15) is 30.9 Å². The molecule has 0 aliphatic carbocycles. The van der Waals surface area contributed by atoms with Crippen LogP contribution in [0.2, 0.25) is 0 Å². The highest BCUT2D eigenvalue weighted by Gasteiger charge is 2.45. The largest absolute Gasteiger partial charge is 0.497 e. The highest BCUT2D eigenvalue weighted by Crippen LogP contribution is 2.39. The van der Waals surface area contributed by atoms with Crippen molar-refractivity contribution in [2.75, 3.05) is 25.2 Å². The third-order valence-electron chi connectivity index (χ3n) is 8.11. The lowest BCUT2D eigenvalue weighted by molar-refractivity contribution is -0.142. The van der Waals surface area contributed by atoms with Gasteiger partial charge in [0.15, 0.2) is 9.84 Å². The number of benzene rings is 3. The molecule has 10 nitrogen and oxygen atoms in total. The Morgan fingerprint density at radius 1 is 0.979 bits per heavy atom. The van der Waals surface area contributed by atoms with Crippen LogP contribution in [0.4, 0.5) is 0 Å². The molecule has 3 aromatic carbocycles. The molecule has 2 aliphatic rings. The van der Waals surface area contributed by atoms with Crippen molar-refractivity contribution >= 4 is 33.3 Å². The molecule has 0 saturated carbocycles. The monoisotopic (exact) mass is 648 g/mol. The second-order valence-corrected chi connectivity index (χ2v) is 13.5. The van der Waals surface area contributed by atoms with E-state index in [9.17, 15) is 23.3 Å². The number of carbonyl (C=O) groups is 2. The van der Waals surface area contributed by atoms with Gasteiger partial charge in [0.1, 0.15) is 28.8 Å². The number of hydrogen-bond donors (Lipinski definition) is 0. The van der Waals surface area contributed by atoms with Crippen LogP contribution >= 0.6 is 0 Å². The fourth-order valence-corrected chi connectivity index (χ4v) is 7.54. The van der Waals surface area contributed by atoms with Gasteiger partial charge in [-0.2, -0.15) is 10.4 Å². The fourth-order valence-electron chi connectivity index (χ4n) is 5.84. The summed E-state index contributed by atoms with van der Waals surface area (Å²) < 4.78 is 37.7. The van der Waals surface area contributed by atoms with Crippen molar-refractivity contribution < 1.29 is 27.5 Å². The van der Waals surface area contributed by atoms with Gasteiger partial charge in [0, 0.05) is 22.9 Å². The van der Waals surface area contributed by atoms with E-state index in [4.69, 9.17) is 14.6 Å². The van der Waals surface area contributed by atoms with Gasteiger partial charge in [-0.3, -0.25) is 14.5 Å². The van der Waals surface area contributed by atoms with E-state index in [1.807, 2.05) is 67.6 Å². The maximum absolute atomic E-state index is 14.4. The number of para-hydroxylation sites is 1. The maximum atomic E-state index is 14.4. The minimum absolute atomic E-state index is 0.0721. The molecular formula is C36H32N4O6S. The molecule has 0 spiro atoms. The van der Waals surface area contributed by atoms with Gasteiger partial charge in [-0.25, -0.2) is 13.1 Å². The van der Waals surface area contributed by atoms with Gasteiger partial charge in [-0.1, -0.05) is 49.4 Å². The summed E-state index contributed by atoms with van der Waals surface area (Å²) in [7, 11) is -1.93. The Bertz CT molecular complexity index is 2060. The first-order chi connectivity index (χ1) is 22.7. The molecule has 2 amide bonds. The quantitative estimate of drug-likeness (QED) is 0.178. The Morgan fingerprint density at radius 2 is 1.74 bits per heavy atom. The lowest BCUT2D eigenvalue weighted by Crippen LogP contribution is -2.49. The third-order valence-corrected chi connectivity index (χ3v) is 9.86. The molecule has 47 heavy (non-hydrogen) atoms. The smallest absolute Gasteiger partial charge is 0.272 e. The molecule has 4 aromatic rings. The second-order valence-electron chi connectivity index (χ2n) is 11.3. The summed E-state index contributed by atoms with van der Waals surface area (Å²) in [5.41, 5.74) is 3.02. The zero-order valence-electron chi connectivity index (χ0n) is 25.9. The van der Waals surface area contributed by atoms with E-state index in [2.05, 4.69) is 0 Å². The zero-order chi connectivity index (χ0) is 33.1. The van der Waals surface area contributed by atoms with Gasteiger partial charge < -0.3 is 9.47 Å². The van der Waals surface area contributed by atoms with Crippen molar-refractivity contribution in [3.8, 4) is 34.5 Å². The van der Waals surface area contributed by atoms with Crippen molar-refractivity contribution in [3.63, 3.8) is 0 Å². The van der Waals surface area contributed by atoms with Crippen LogP contribution < -0.4 is 9.47 Å². The number of imide groups is 1. The van der Waals surface area contributed by atoms with Gasteiger partial charge >= 0.3 is 0 Å². The first kappa shape index (κ1) is 31.5. The van der Waals surface area contributed by atoms with Crippen molar-refractivity contribution in [1.82, 2.24) is 14.7 Å². The number of nitrogens with zero attached hydrogens (tertiary/aromatic N) is 4. The molecule has 1 saturated heterocycles. The van der Waals surface area contributed by atoms with Crippen molar-refractivity contribution in [2.24, 2.45) is 0 Å². The average molecular weight is 649 g/mol. The molecule has 238 valence electrons. The van der Waals surface area contributed by atoms with Crippen LogP contribution in [0.5, 0.6) is 11.5 Å². The number of nitriles is 1. The van der Waals surface area contributed by atoms with Gasteiger partial charge in [0.05, 0.1) is 42.5 Å². The number of rotatable bonds is 9. The van der Waals surface area contributed by atoms with Crippen LogP contribution in [-0.2, 0) is 19.4 Å². The van der Waals surface area contributed by atoms with E-state index >= 15 is 0 Å². The van der Waals surface area contributed by atoms with E-state index in [1.54, 1.807) is 41.2 Å². The Kier molecular flexibility index (Phi) is 8.78. The van der Waals surface area contributed by atoms with Crippen LogP contribution in [0.15, 0.2) is 96.2 Å². The van der Waals surface area contributed by atoms with Crippen molar-refractivity contribution in [1.29, 1.82) is 5.26 Å². The summed E-state index contributed by atoms with van der Waals surface area (Å²) >= 11 is 0. The summed E-state index contributed by atoms with van der Waals surface area (Å²) in [6.45, 7) is 2.57. The van der Waals surface area contributed by atoms with Gasteiger partial charge in [0.25, 0.3) is 11.8 Å². The topological polar surface area (TPSA) is 132 Å². The first-order valence-electron chi connectivity index (χ1n) is 15.2. The van der Waals surface area contributed by atoms with E-state index < -0.39 is 27.7 Å². The highest BCUT2D eigenvalue weighted by atomic mass is 32.2. The Hall–Kier alpha value is -5.47. The molecule has 1 unspecified atom stereocenters. The molecule has 0 radical (unpaired) electrons. The standard InChI is InChI=1S/C36H32N4O6S/c1-3-17-46-30-11-7-8-25(19-30)34-26(22-39(38-34)27-9-5-4-6-10-27)20-31-33(24-12-14-29(45-2)15-13-24)32(21-37)36(42)40(35(31)41)28-16-18-47(43,44)23-28/h4-15,19-20,22,28H,3,16-18,23H2,1-2H3/b31-20-. The number of carbonyl (C=O) groups excluding carboxylic acids is 2. The SMILES string of the molecule is CCCOc1cccc(-c2nn(-c3ccccc3)cc2/C=C2\C(=O)N(C3CCS(=O)(=O)C3)C(=O)C(C#N)=C2c2ccc(OC)cc2)c1. The van der Waals surface area contributed by atoms with Crippen molar-refractivity contribution in [2.45, 2.75) is 25.8 Å². The minimum Gasteiger partial charge on any atom is -0.497 e. The summed E-state index contributed by atoms with van der Waals surface area (Å²) in [4.78, 5) is 29.2. The number of ether oxygens (including phenoxy) is 2. The summed E-state index contributed by atoms with van der Waals surface area (Å²) in [6, 6.07) is 24.8. The molecule has 1 fully saturated rings. The summed E-state index contributed by atoms with van der Waals surface area (Å²) in [6.07, 6.45) is 4.35. The summed E-state index contributed by atoms with van der Waals surface area (Å²) in [5, 5.41) is 15.2. The normalized spacial score (nSPS) is 18.4. The van der Waals surface area contributed by atoms with E-state index in [1.165, 1.54) is 7.11 Å². The molecule has 2 aliphatic heterocycles. The molecule has 11 heteroatoms. The maximum Gasteiger partial charge on any atom is 0.272 e. The van der Waals surface area contributed by atoms with Gasteiger partial charge in [0.2, 0.25) is 0 Å². The number of aromatic nitrogens is 2. The van der Waals surface area contributed by atoms with Crippen LogP contribution in [0.3, 0.4) is 0 Å². The number of hydrogen-bond acceptors (Lipinski definition) is 8. The van der Waals surface area contributed by atoms with Crippen molar-refractivity contribution in [3.05, 3.63) is 107 Å². The van der Waals surface area contributed by atoms with Crippen LogP contribution in [0.25, 0.3) is 28.6 Å². The summed E-state index contributed by atoms with van der Waals surface area (Å²) in [5.74, 6) is -0.772. The Labute approximate surface area is 273 Å². The predicted octanol–water partition coefficient (Wildman–Crippen LogP) is 5.25. The van der Waals surface area contributed by atoms with Crippen LogP contribution in [0, 0.1) is 11.3 Å². The van der Waals surface area contributed by atoms with E-state index in [0.717, 1.165) is 22.6 Å². The highest BCUT2D eigenvalue weighted by molar-refractivity contribution is 7.91. The number of amides is 2. The molecule has 0 bridgehead atoms. The second kappa shape index (κ2) is 13.1.